The Bertz CT molecular complexity index is 997. The molecule has 0 fully saturated rings. The molecule has 0 radical (unpaired) electrons. The number of carbonyl (C=O) groups excluding carboxylic acids is 2. The van der Waals surface area contributed by atoms with Gasteiger partial charge in [0, 0.05) is 6.08 Å². The van der Waals surface area contributed by atoms with Crippen LogP contribution in [0.4, 0.5) is 18.9 Å². The first-order chi connectivity index (χ1) is 14.2. The van der Waals surface area contributed by atoms with Gasteiger partial charge in [0.05, 0.1) is 24.9 Å². The molecule has 0 bridgehead atoms. The normalized spacial score (nSPS) is 11.8. The van der Waals surface area contributed by atoms with Crippen molar-refractivity contribution >= 4 is 35.2 Å². The number of amides is 1. The monoisotopic (exact) mass is 443 g/mol. The number of nitrogens with one attached hydrogen (secondary N) is 1. The third-order valence-corrected chi connectivity index (χ3v) is 4.10. The minimum atomic E-state index is -1.73. The Kier molecular flexibility index (Phi) is 7.71. The number of ether oxygens (including phenoxy) is 3. The van der Waals surface area contributed by atoms with E-state index in [0.717, 1.165) is 12.1 Å². The molecule has 0 aliphatic carbocycles. The van der Waals surface area contributed by atoms with Crippen LogP contribution in [0.5, 0.6) is 11.5 Å². The fraction of sp³-hybridized carbons (Fsp3) is 0.200. The molecule has 2 aromatic rings. The number of methoxy groups -OCH3 is 2. The molecule has 0 aliphatic heterocycles. The molecule has 0 aromatic heterocycles. The van der Waals surface area contributed by atoms with Crippen LogP contribution in [0.15, 0.2) is 30.3 Å². The van der Waals surface area contributed by atoms with Crippen LogP contribution < -0.4 is 14.8 Å². The van der Waals surface area contributed by atoms with Crippen LogP contribution in [0.25, 0.3) is 6.08 Å². The maximum Gasteiger partial charge on any atom is 0.331 e. The summed E-state index contributed by atoms with van der Waals surface area (Å²) in [6, 6.07) is 4.59. The zero-order valence-corrected chi connectivity index (χ0v) is 16.9. The van der Waals surface area contributed by atoms with Crippen molar-refractivity contribution in [3.05, 3.63) is 58.4 Å². The Morgan fingerprint density at radius 1 is 1.10 bits per heavy atom. The second kappa shape index (κ2) is 10.0. The molecule has 1 atom stereocenters. The summed E-state index contributed by atoms with van der Waals surface area (Å²) in [7, 11) is 2.85. The first-order valence-electron chi connectivity index (χ1n) is 8.42. The lowest BCUT2D eigenvalue weighted by Gasteiger charge is -2.13. The molecule has 0 spiro atoms. The zero-order valence-electron chi connectivity index (χ0n) is 16.1. The molecule has 160 valence electrons. The Balaban J connectivity index is 2.03. The highest BCUT2D eigenvalue weighted by Gasteiger charge is 2.20. The van der Waals surface area contributed by atoms with E-state index in [-0.39, 0.29) is 5.02 Å². The lowest BCUT2D eigenvalue weighted by Crippen LogP contribution is -2.29. The number of rotatable bonds is 7. The first kappa shape index (κ1) is 23.1. The predicted octanol–water partition coefficient (Wildman–Crippen LogP) is 4.36. The number of benzene rings is 2. The van der Waals surface area contributed by atoms with Crippen molar-refractivity contribution in [2.24, 2.45) is 0 Å². The molecule has 10 heteroatoms. The summed E-state index contributed by atoms with van der Waals surface area (Å²) in [4.78, 5) is 24.0. The molecule has 0 saturated carbocycles. The number of anilines is 1. The molecule has 1 N–H and O–H groups in total. The highest BCUT2D eigenvalue weighted by Crippen LogP contribution is 2.36. The maximum atomic E-state index is 13.6. The van der Waals surface area contributed by atoms with E-state index < -0.39 is 41.1 Å². The summed E-state index contributed by atoms with van der Waals surface area (Å²) in [5.74, 6) is -5.83. The van der Waals surface area contributed by atoms with Gasteiger partial charge in [-0.25, -0.2) is 18.0 Å². The van der Waals surface area contributed by atoms with Crippen molar-refractivity contribution in [1.29, 1.82) is 0 Å². The lowest BCUT2D eigenvalue weighted by molar-refractivity contribution is -0.148. The molecule has 30 heavy (non-hydrogen) atoms. The highest BCUT2D eigenvalue weighted by molar-refractivity contribution is 6.32. The standard InChI is InChI=1S/C20H17ClF3NO5/c1-10(20(27)25-14-6-5-13(22)17(23)18(14)24)30-16(26)7-4-11-8-12(21)19(29-3)15(9-11)28-2/h4-10H,1-3H3,(H,25,27)/b7-4+. The number of hydrogen-bond acceptors (Lipinski definition) is 5. The number of hydrogen-bond donors (Lipinski definition) is 1. The van der Waals surface area contributed by atoms with Crippen LogP contribution in [0, 0.1) is 17.5 Å². The average molecular weight is 444 g/mol. The van der Waals surface area contributed by atoms with Crippen LogP contribution in [0.1, 0.15) is 12.5 Å². The minimum Gasteiger partial charge on any atom is -0.493 e. The molecular weight excluding hydrogens is 427 g/mol. The fourth-order valence-corrected chi connectivity index (χ4v) is 2.62. The fourth-order valence-electron chi connectivity index (χ4n) is 2.32. The van der Waals surface area contributed by atoms with Crippen LogP contribution in [-0.2, 0) is 14.3 Å². The van der Waals surface area contributed by atoms with Gasteiger partial charge in [0.1, 0.15) is 0 Å². The molecule has 1 amide bonds. The van der Waals surface area contributed by atoms with E-state index in [0.29, 0.717) is 23.1 Å². The molecule has 0 saturated heterocycles. The summed E-state index contributed by atoms with van der Waals surface area (Å²) < 4.78 is 55.0. The van der Waals surface area contributed by atoms with Gasteiger partial charge < -0.3 is 19.5 Å². The van der Waals surface area contributed by atoms with Crippen molar-refractivity contribution < 1.29 is 37.0 Å². The summed E-state index contributed by atoms with van der Waals surface area (Å²) >= 11 is 6.08. The van der Waals surface area contributed by atoms with E-state index >= 15 is 0 Å². The molecule has 2 rings (SSSR count). The van der Waals surface area contributed by atoms with Gasteiger partial charge in [-0.05, 0) is 42.8 Å². The highest BCUT2D eigenvalue weighted by atomic mass is 35.5. The maximum absolute atomic E-state index is 13.6. The molecule has 1 unspecified atom stereocenters. The van der Waals surface area contributed by atoms with Gasteiger partial charge >= 0.3 is 5.97 Å². The van der Waals surface area contributed by atoms with Gasteiger partial charge in [-0.1, -0.05) is 11.6 Å². The van der Waals surface area contributed by atoms with E-state index in [1.54, 1.807) is 6.07 Å². The van der Waals surface area contributed by atoms with Crippen LogP contribution in [0.3, 0.4) is 0 Å². The molecular formula is C20H17ClF3NO5. The molecule has 0 aliphatic rings. The number of esters is 1. The number of halogens is 4. The van der Waals surface area contributed by atoms with Crippen molar-refractivity contribution in [3.8, 4) is 11.5 Å². The topological polar surface area (TPSA) is 73.9 Å². The molecule has 0 heterocycles. The minimum absolute atomic E-state index is 0.256. The van der Waals surface area contributed by atoms with E-state index in [9.17, 15) is 22.8 Å². The SMILES string of the molecule is COc1cc(/C=C/C(=O)OC(C)C(=O)Nc2ccc(F)c(F)c2F)cc(Cl)c1OC. The van der Waals surface area contributed by atoms with Crippen molar-refractivity contribution in [3.63, 3.8) is 0 Å². The molecule has 2 aromatic carbocycles. The van der Waals surface area contributed by atoms with Gasteiger partial charge in [-0.15, -0.1) is 0 Å². The van der Waals surface area contributed by atoms with E-state index in [4.69, 9.17) is 25.8 Å². The summed E-state index contributed by atoms with van der Waals surface area (Å²) in [5.41, 5.74) is -0.0899. The quantitative estimate of drug-likeness (QED) is 0.391. The van der Waals surface area contributed by atoms with Crippen LogP contribution in [0.2, 0.25) is 5.02 Å². The predicted molar refractivity (Wildman–Crippen MR) is 104 cm³/mol. The van der Waals surface area contributed by atoms with Gasteiger partial charge in [0.25, 0.3) is 5.91 Å². The Hall–Kier alpha value is -3.20. The van der Waals surface area contributed by atoms with Crippen LogP contribution >= 0.6 is 11.6 Å². The largest absolute Gasteiger partial charge is 0.493 e. The Labute approximate surface area is 175 Å². The van der Waals surface area contributed by atoms with Crippen LogP contribution in [-0.4, -0.2) is 32.2 Å². The smallest absolute Gasteiger partial charge is 0.331 e. The number of carbonyl (C=O) groups is 2. The third-order valence-electron chi connectivity index (χ3n) is 3.82. The summed E-state index contributed by atoms with van der Waals surface area (Å²) in [6.07, 6.45) is 1.07. The first-order valence-corrected chi connectivity index (χ1v) is 8.80. The van der Waals surface area contributed by atoms with Crippen molar-refractivity contribution in [2.75, 3.05) is 19.5 Å². The van der Waals surface area contributed by atoms with E-state index in [1.165, 1.54) is 33.3 Å². The Morgan fingerprint density at radius 2 is 1.80 bits per heavy atom. The van der Waals surface area contributed by atoms with Gasteiger partial charge in [-0.2, -0.15) is 0 Å². The van der Waals surface area contributed by atoms with E-state index in [2.05, 4.69) is 0 Å². The second-order valence-electron chi connectivity index (χ2n) is 5.86. The van der Waals surface area contributed by atoms with E-state index in [1.807, 2.05) is 5.32 Å². The van der Waals surface area contributed by atoms with Crippen molar-refractivity contribution in [1.82, 2.24) is 0 Å². The van der Waals surface area contributed by atoms with Gasteiger partial charge in [-0.3, -0.25) is 4.79 Å². The zero-order chi connectivity index (χ0) is 22.4. The molecule has 6 nitrogen and oxygen atoms in total. The lowest BCUT2D eigenvalue weighted by atomic mass is 10.2. The average Bonchev–Trinajstić information content (AvgIpc) is 2.71. The third kappa shape index (κ3) is 5.44. The van der Waals surface area contributed by atoms with Crippen molar-refractivity contribution in [2.45, 2.75) is 13.0 Å². The second-order valence-corrected chi connectivity index (χ2v) is 6.27. The van der Waals surface area contributed by atoms with Gasteiger partial charge in [0.2, 0.25) is 0 Å². The summed E-state index contributed by atoms with van der Waals surface area (Å²) in [6.45, 7) is 1.23. The van der Waals surface area contributed by atoms with Gasteiger partial charge in [0.15, 0.2) is 35.1 Å². The Morgan fingerprint density at radius 3 is 2.43 bits per heavy atom. The summed E-state index contributed by atoms with van der Waals surface area (Å²) in [5, 5.41) is 2.28.